The summed E-state index contributed by atoms with van der Waals surface area (Å²) in [6, 6.07) is 20.0. The zero-order chi connectivity index (χ0) is 20.2. The number of anilines is 1. The Hall–Kier alpha value is -2.89. The van der Waals surface area contributed by atoms with Crippen LogP contribution in [0.15, 0.2) is 77.3 Å². The summed E-state index contributed by atoms with van der Waals surface area (Å²) in [4.78, 5) is 19.5. The van der Waals surface area contributed by atoms with Crippen LogP contribution >= 0.6 is 22.9 Å². The molecule has 4 aromatic rings. The van der Waals surface area contributed by atoms with Crippen molar-refractivity contribution in [2.75, 3.05) is 5.32 Å². The van der Waals surface area contributed by atoms with Crippen molar-refractivity contribution in [1.82, 2.24) is 9.55 Å². The highest BCUT2D eigenvalue weighted by Gasteiger charge is 2.39. The largest absolute Gasteiger partial charge is 0.329 e. The molecule has 1 aliphatic heterocycles. The normalized spacial score (nSPS) is 20.8. The van der Waals surface area contributed by atoms with Crippen molar-refractivity contribution in [2.45, 2.75) is 24.8 Å². The molecule has 0 saturated heterocycles. The minimum atomic E-state index is -0.137. The van der Waals surface area contributed by atoms with Crippen LogP contribution in [0.3, 0.4) is 0 Å². The highest BCUT2D eigenvalue weighted by molar-refractivity contribution is 7.10. The third kappa shape index (κ3) is 2.73. The number of para-hydroxylation sites is 2. The predicted octanol–water partition coefficient (Wildman–Crippen LogP) is 6.17. The molecule has 0 unspecified atom stereocenters. The molecule has 3 heterocycles. The fourth-order valence-corrected chi connectivity index (χ4v) is 5.66. The lowest BCUT2D eigenvalue weighted by molar-refractivity contribution is -0.116. The predicted molar refractivity (Wildman–Crippen MR) is 121 cm³/mol. The van der Waals surface area contributed by atoms with E-state index in [0.29, 0.717) is 11.4 Å². The molecule has 2 aromatic carbocycles. The summed E-state index contributed by atoms with van der Waals surface area (Å²) < 4.78 is 2.18. The van der Waals surface area contributed by atoms with Gasteiger partial charge in [0.2, 0.25) is 5.95 Å². The number of Topliss-reactive ketones (excluding diaryl/α,β-unsaturated/α-hetero) is 1. The molecule has 0 saturated carbocycles. The van der Waals surface area contributed by atoms with Crippen LogP contribution in [-0.2, 0) is 4.79 Å². The number of imidazole rings is 1. The van der Waals surface area contributed by atoms with Crippen molar-refractivity contribution in [2.24, 2.45) is 0 Å². The fourth-order valence-electron chi connectivity index (χ4n) is 4.71. The summed E-state index contributed by atoms with van der Waals surface area (Å²) in [5, 5.41) is 6.29. The number of ketones is 1. The standard InChI is InChI=1S/C24H18ClN3OS/c25-16-9-7-14(8-10-16)15-12-18-22(20(29)13-15)23(21-6-3-11-30-21)28-19-5-2-1-4-17(19)26-24(28)27-18/h1-11,15,23H,12-13H2,(H,26,27)/t15-,23+/m0/s1. The lowest BCUT2D eigenvalue weighted by Crippen LogP contribution is -2.32. The third-order valence-electron chi connectivity index (χ3n) is 6.05. The second-order valence-electron chi connectivity index (χ2n) is 7.81. The van der Waals surface area contributed by atoms with Gasteiger partial charge in [-0.1, -0.05) is 41.9 Å². The summed E-state index contributed by atoms with van der Waals surface area (Å²) >= 11 is 7.75. The maximum Gasteiger partial charge on any atom is 0.209 e. The Morgan fingerprint density at radius 2 is 1.87 bits per heavy atom. The Kier molecular flexibility index (Phi) is 4.08. The Morgan fingerprint density at radius 3 is 2.67 bits per heavy atom. The average molecular weight is 432 g/mol. The maximum absolute atomic E-state index is 13.5. The first kappa shape index (κ1) is 17.9. The Morgan fingerprint density at radius 1 is 1.03 bits per heavy atom. The van der Waals surface area contributed by atoms with Crippen molar-refractivity contribution in [3.63, 3.8) is 0 Å². The van der Waals surface area contributed by atoms with Crippen molar-refractivity contribution in [1.29, 1.82) is 0 Å². The molecular weight excluding hydrogens is 414 g/mol. The van der Waals surface area contributed by atoms with E-state index >= 15 is 0 Å². The van der Waals surface area contributed by atoms with Crippen LogP contribution in [0.5, 0.6) is 0 Å². The van der Waals surface area contributed by atoms with Crippen LogP contribution in [0.25, 0.3) is 11.0 Å². The SMILES string of the molecule is O=C1C[C@@H](c2ccc(Cl)cc2)CC2=C1[C@@H](c1cccs1)n1c(nc3ccccc31)N2. The molecule has 4 nitrogen and oxygen atoms in total. The van der Waals surface area contributed by atoms with Gasteiger partial charge < -0.3 is 5.32 Å². The minimum absolute atomic E-state index is 0.137. The number of halogens is 1. The zero-order valence-corrected chi connectivity index (χ0v) is 17.6. The lowest BCUT2D eigenvalue weighted by atomic mass is 9.79. The number of carbonyl (C=O) groups excluding carboxylic acids is 1. The topological polar surface area (TPSA) is 46.9 Å². The molecule has 0 bridgehead atoms. The van der Waals surface area contributed by atoms with Crippen LogP contribution in [0.1, 0.15) is 35.2 Å². The second-order valence-corrected chi connectivity index (χ2v) is 9.22. The van der Waals surface area contributed by atoms with Crippen molar-refractivity contribution in [3.05, 3.63) is 92.8 Å². The molecular formula is C24H18ClN3OS. The van der Waals surface area contributed by atoms with Crippen LogP contribution in [0.2, 0.25) is 5.02 Å². The van der Waals surface area contributed by atoms with Gasteiger partial charge in [-0.15, -0.1) is 11.3 Å². The zero-order valence-electron chi connectivity index (χ0n) is 16.0. The molecule has 0 fully saturated rings. The maximum atomic E-state index is 13.5. The van der Waals surface area contributed by atoms with Gasteiger partial charge in [-0.05, 0) is 53.6 Å². The van der Waals surface area contributed by atoms with E-state index < -0.39 is 0 Å². The van der Waals surface area contributed by atoms with Gasteiger partial charge in [-0.25, -0.2) is 4.98 Å². The van der Waals surface area contributed by atoms with E-state index in [2.05, 4.69) is 27.4 Å². The number of aromatic nitrogens is 2. The van der Waals surface area contributed by atoms with Gasteiger partial charge in [0.25, 0.3) is 0 Å². The van der Waals surface area contributed by atoms with Gasteiger partial charge in [-0.3, -0.25) is 9.36 Å². The van der Waals surface area contributed by atoms with E-state index in [9.17, 15) is 4.79 Å². The molecule has 0 amide bonds. The van der Waals surface area contributed by atoms with Crippen molar-refractivity contribution < 1.29 is 4.79 Å². The monoisotopic (exact) mass is 431 g/mol. The summed E-state index contributed by atoms with van der Waals surface area (Å²) in [5.41, 5.74) is 4.99. The highest BCUT2D eigenvalue weighted by Crippen LogP contribution is 2.46. The van der Waals surface area contributed by atoms with Crippen LogP contribution in [-0.4, -0.2) is 15.3 Å². The third-order valence-corrected chi connectivity index (χ3v) is 7.23. The molecule has 30 heavy (non-hydrogen) atoms. The average Bonchev–Trinajstić information content (AvgIpc) is 3.40. The molecule has 0 spiro atoms. The second kappa shape index (κ2) is 6.83. The highest BCUT2D eigenvalue weighted by atomic mass is 35.5. The Bertz CT molecular complexity index is 1300. The van der Waals surface area contributed by atoms with E-state index in [0.717, 1.165) is 45.1 Å². The molecule has 2 aromatic heterocycles. The van der Waals surface area contributed by atoms with Gasteiger partial charge in [0.15, 0.2) is 5.78 Å². The van der Waals surface area contributed by atoms with E-state index in [1.165, 1.54) is 0 Å². The number of hydrogen-bond donors (Lipinski definition) is 1. The molecule has 1 N–H and O–H groups in total. The smallest absolute Gasteiger partial charge is 0.209 e. The number of fused-ring (bicyclic) bond motifs is 3. The first-order valence-electron chi connectivity index (χ1n) is 9.98. The quantitative estimate of drug-likeness (QED) is 0.413. The minimum Gasteiger partial charge on any atom is -0.329 e. The molecule has 6 heteroatoms. The fraction of sp³-hybridized carbons (Fsp3) is 0.167. The lowest BCUT2D eigenvalue weighted by Gasteiger charge is -2.35. The molecule has 1 aliphatic carbocycles. The number of benzene rings is 2. The van der Waals surface area contributed by atoms with E-state index in [-0.39, 0.29) is 17.7 Å². The number of thiophene rings is 1. The molecule has 0 radical (unpaired) electrons. The van der Waals surface area contributed by atoms with Crippen LogP contribution in [0.4, 0.5) is 5.95 Å². The summed E-state index contributed by atoms with van der Waals surface area (Å²) in [5.74, 6) is 1.14. The summed E-state index contributed by atoms with van der Waals surface area (Å²) in [7, 11) is 0. The molecule has 148 valence electrons. The number of nitrogens with zero attached hydrogens (tertiary/aromatic N) is 2. The van der Waals surface area contributed by atoms with Crippen LogP contribution in [0, 0.1) is 0 Å². The molecule has 2 atom stereocenters. The first-order valence-corrected chi connectivity index (χ1v) is 11.2. The van der Waals surface area contributed by atoms with Crippen molar-refractivity contribution >= 4 is 45.7 Å². The number of allylic oxidation sites excluding steroid dienone is 2. The Balaban J connectivity index is 1.50. The van der Waals surface area contributed by atoms with E-state index in [1.807, 2.05) is 48.5 Å². The van der Waals surface area contributed by atoms with Gasteiger partial charge in [-0.2, -0.15) is 0 Å². The van der Waals surface area contributed by atoms with Gasteiger partial charge in [0.05, 0.1) is 11.0 Å². The first-order chi connectivity index (χ1) is 14.7. The summed E-state index contributed by atoms with van der Waals surface area (Å²) in [6.45, 7) is 0. The van der Waals surface area contributed by atoms with Crippen molar-refractivity contribution in [3.8, 4) is 0 Å². The Labute approximate surface area is 182 Å². The number of carbonyl (C=O) groups is 1. The number of nitrogens with one attached hydrogen (secondary N) is 1. The summed E-state index contributed by atoms with van der Waals surface area (Å²) in [6.07, 6.45) is 1.29. The molecule has 6 rings (SSSR count). The van der Waals surface area contributed by atoms with E-state index in [1.54, 1.807) is 11.3 Å². The van der Waals surface area contributed by atoms with Crippen LogP contribution < -0.4 is 5.32 Å². The van der Waals surface area contributed by atoms with Gasteiger partial charge in [0, 0.05) is 27.6 Å². The van der Waals surface area contributed by atoms with Gasteiger partial charge in [0.1, 0.15) is 6.04 Å². The number of hydrogen-bond acceptors (Lipinski definition) is 4. The molecule has 2 aliphatic rings. The van der Waals surface area contributed by atoms with E-state index in [4.69, 9.17) is 16.6 Å². The number of rotatable bonds is 2. The van der Waals surface area contributed by atoms with Gasteiger partial charge >= 0.3 is 0 Å².